The number of nitrogens with one attached hydrogen (secondary N) is 1. The number of pyridine rings is 1. The molecule has 0 radical (unpaired) electrons. The van der Waals surface area contributed by atoms with Crippen molar-refractivity contribution in [3.8, 4) is 28.5 Å². The zero-order valence-electron chi connectivity index (χ0n) is 17.6. The first-order valence-corrected chi connectivity index (χ1v) is 12.2. The molecular weight excluding hydrogens is 509 g/mol. The monoisotopic (exact) mass is 523 g/mol. The quantitative estimate of drug-likeness (QED) is 0.260. The van der Waals surface area contributed by atoms with Crippen LogP contribution in [0.3, 0.4) is 0 Å². The number of aromatic nitrogens is 1. The Morgan fingerprint density at radius 1 is 0.912 bits per heavy atom. The van der Waals surface area contributed by atoms with Crippen LogP contribution in [0.5, 0.6) is 0 Å². The molecule has 4 nitrogen and oxygen atoms in total. The lowest BCUT2D eigenvalue weighted by atomic mass is 9.99. The first-order valence-electron chi connectivity index (χ1n) is 10.1. The Hall–Kier alpha value is -3.01. The van der Waals surface area contributed by atoms with Crippen molar-refractivity contribution in [1.29, 1.82) is 5.26 Å². The van der Waals surface area contributed by atoms with Crippen molar-refractivity contribution in [2.45, 2.75) is 5.03 Å². The molecule has 168 valence electrons. The van der Waals surface area contributed by atoms with Crippen LogP contribution >= 0.6 is 46.6 Å². The maximum atomic E-state index is 12.6. The standard InChI is InChI=1S/C26H16Cl3N3OS/c27-17-10-8-16(9-11-17)21-13-24(20-6-1-2-7-23(20)29)32-26(22(21)14-30)34-15-25(33)31-19-5-3-4-18(28)12-19/h1-13H,15H2,(H,31,33). The third kappa shape index (κ3) is 5.72. The van der Waals surface area contributed by atoms with E-state index in [2.05, 4.69) is 11.4 Å². The van der Waals surface area contributed by atoms with Crippen molar-refractivity contribution in [3.05, 3.63) is 99.5 Å². The summed E-state index contributed by atoms with van der Waals surface area (Å²) >= 11 is 19.7. The summed E-state index contributed by atoms with van der Waals surface area (Å²) in [5.41, 5.74) is 3.79. The number of hydrogen-bond acceptors (Lipinski definition) is 4. The molecule has 4 aromatic rings. The SMILES string of the molecule is N#Cc1c(-c2ccc(Cl)cc2)cc(-c2ccccc2Cl)nc1SCC(=O)Nc1cccc(Cl)c1. The van der Waals surface area contributed by atoms with Gasteiger partial charge in [-0.15, -0.1) is 0 Å². The molecule has 8 heteroatoms. The van der Waals surface area contributed by atoms with Gasteiger partial charge in [0.2, 0.25) is 5.91 Å². The van der Waals surface area contributed by atoms with Gasteiger partial charge in [0.15, 0.2) is 0 Å². The van der Waals surface area contributed by atoms with Crippen molar-refractivity contribution in [3.63, 3.8) is 0 Å². The molecule has 1 aromatic heterocycles. The van der Waals surface area contributed by atoms with Gasteiger partial charge >= 0.3 is 0 Å². The fraction of sp³-hybridized carbons (Fsp3) is 0.0385. The number of thioether (sulfide) groups is 1. The third-order valence-corrected chi connectivity index (χ3v) is 6.64. The lowest BCUT2D eigenvalue weighted by Gasteiger charge is -2.13. The second kappa shape index (κ2) is 10.9. The van der Waals surface area contributed by atoms with Gasteiger partial charge in [-0.25, -0.2) is 4.98 Å². The zero-order chi connectivity index (χ0) is 24.1. The van der Waals surface area contributed by atoms with E-state index in [9.17, 15) is 10.1 Å². The Kier molecular flexibility index (Phi) is 7.77. The number of rotatable bonds is 6. The number of hydrogen-bond donors (Lipinski definition) is 1. The number of nitriles is 1. The zero-order valence-corrected chi connectivity index (χ0v) is 20.6. The molecule has 0 bridgehead atoms. The van der Waals surface area contributed by atoms with Crippen LogP contribution in [0.25, 0.3) is 22.4 Å². The molecule has 4 rings (SSSR count). The maximum Gasteiger partial charge on any atom is 0.234 e. The molecule has 0 saturated heterocycles. The average Bonchev–Trinajstić information content (AvgIpc) is 2.83. The number of carbonyl (C=O) groups excluding carboxylic acids is 1. The van der Waals surface area contributed by atoms with E-state index in [4.69, 9.17) is 39.8 Å². The van der Waals surface area contributed by atoms with E-state index in [1.165, 1.54) is 11.8 Å². The summed E-state index contributed by atoms with van der Waals surface area (Å²) in [5, 5.41) is 14.9. The molecule has 3 aromatic carbocycles. The summed E-state index contributed by atoms with van der Waals surface area (Å²) in [6.07, 6.45) is 0. The predicted octanol–water partition coefficient (Wildman–Crippen LogP) is 7.98. The highest BCUT2D eigenvalue weighted by molar-refractivity contribution is 8.00. The van der Waals surface area contributed by atoms with Crippen LogP contribution in [-0.4, -0.2) is 16.6 Å². The Morgan fingerprint density at radius 3 is 2.38 bits per heavy atom. The minimum absolute atomic E-state index is 0.0558. The number of anilines is 1. The topological polar surface area (TPSA) is 65.8 Å². The Balaban J connectivity index is 1.71. The van der Waals surface area contributed by atoms with Crippen molar-refractivity contribution in [2.75, 3.05) is 11.1 Å². The summed E-state index contributed by atoms with van der Waals surface area (Å²) < 4.78 is 0. The van der Waals surface area contributed by atoms with Gasteiger partial charge in [-0.05, 0) is 48.0 Å². The molecule has 0 aliphatic rings. The van der Waals surface area contributed by atoms with Gasteiger partial charge in [0.1, 0.15) is 11.1 Å². The number of benzene rings is 3. The highest BCUT2D eigenvalue weighted by Gasteiger charge is 2.18. The van der Waals surface area contributed by atoms with Gasteiger partial charge in [0.05, 0.1) is 17.0 Å². The highest BCUT2D eigenvalue weighted by atomic mass is 35.5. The number of halogens is 3. The molecule has 0 aliphatic heterocycles. The predicted molar refractivity (Wildman–Crippen MR) is 141 cm³/mol. The fourth-order valence-corrected chi connectivity index (χ4v) is 4.65. The molecular formula is C26H16Cl3N3OS. The molecule has 1 N–H and O–H groups in total. The average molecular weight is 525 g/mol. The number of carbonyl (C=O) groups is 1. The van der Waals surface area contributed by atoms with Crippen molar-refractivity contribution < 1.29 is 4.79 Å². The highest BCUT2D eigenvalue weighted by Crippen LogP contribution is 2.36. The summed E-state index contributed by atoms with van der Waals surface area (Å²) in [6, 6.07) is 25.6. The molecule has 0 aliphatic carbocycles. The second-order valence-electron chi connectivity index (χ2n) is 7.18. The summed E-state index contributed by atoms with van der Waals surface area (Å²) in [6.45, 7) is 0. The van der Waals surface area contributed by atoms with Gasteiger partial charge in [-0.3, -0.25) is 4.79 Å². The van der Waals surface area contributed by atoms with Crippen LogP contribution in [0, 0.1) is 11.3 Å². The molecule has 0 fully saturated rings. The third-order valence-electron chi connectivity index (χ3n) is 4.85. The second-order valence-corrected chi connectivity index (χ2v) is 9.43. The lowest BCUT2D eigenvalue weighted by molar-refractivity contribution is -0.113. The van der Waals surface area contributed by atoms with E-state index in [0.717, 1.165) is 11.1 Å². The minimum Gasteiger partial charge on any atom is -0.325 e. The Morgan fingerprint density at radius 2 is 1.68 bits per heavy atom. The van der Waals surface area contributed by atoms with Crippen molar-refractivity contribution in [1.82, 2.24) is 4.98 Å². The van der Waals surface area contributed by atoms with E-state index in [1.807, 2.05) is 36.4 Å². The van der Waals surface area contributed by atoms with E-state index in [1.54, 1.807) is 42.5 Å². The molecule has 1 heterocycles. The first kappa shape index (κ1) is 24.1. The van der Waals surface area contributed by atoms with E-state index >= 15 is 0 Å². The van der Waals surface area contributed by atoms with Gasteiger partial charge < -0.3 is 5.32 Å². The van der Waals surface area contributed by atoms with Gasteiger partial charge in [-0.1, -0.05) is 83.0 Å². The smallest absolute Gasteiger partial charge is 0.234 e. The summed E-state index contributed by atoms with van der Waals surface area (Å²) in [7, 11) is 0. The van der Waals surface area contributed by atoms with E-state index in [-0.39, 0.29) is 11.7 Å². The summed E-state index contributed by atoms with van der Waals surface area (Å²) in [5.74, 6) is -0.186. The largest absolute Gasteiger partial charge is 0.325 e. The van der Waals surface area contributed by atoms with Crippen LogP contribution in [0.2, 0.25) is 15.1 Å². The Bertz CT molecular complexity index is 1400. The van der Waals surface area contributed by atoms with Crippen LogP contribution in [0.15, 0.2) is 83.9 Å². The lowest BCUT2D eigenvalue weighted by Crippen LogP contribution is -2.14. The minimum atomic E-state index is -0.242. The molecule has 0 unspecified atom stereocenters. The number of nitrogens with zero attached hydrogens (tertiary/aromatic N) is 2. The Labute approximate surface area is 216 Å². The van der Waals surface area contributed by atoms with Gasteiger partial charge in [-0.2, -0.15) is 5.26 Å². The first-order chi connectivity index (χ1) is 16.4. The van der Waals surface area contributed by atoms with Gasteiger partial charge in [0, 0.05) is 31.9 Å². The molecule has 34 heavy (non-hydrogen) atoms. The maximum absolute atomic E-state index is 12.6. The normalized spacial score (nSPS) is 10.5. The van der Waals surface area contributed by atoms with E-state index < -0.39 is 0 Å². The van der Waals surface area contributed by atoms with Crippen LogP contribution in [-0.2, 0) is 4.79 Å². The molecule has 1 amide bonds. The fourth-order valence-electron chi connectivity index (χ4n) is 3.30. The van der Waals surface area contributed by atoms with E-state index in [0.29, 0.717) is 42.6 Å². The molecule has 0 spiro atoms. The van der Waals surface area contributed by atoms with Crippen molar-refractivity contribution in [2.24, 2.45) is 0 Å². The van der Waals surface area contributed by atoms with Gasteiger partial charge in [0.25, 0.3) is 0 Å². The molecule has 0 saturated carbocycles. The summed E-state index contributed by atoms with van der Waals surface area (Å²) in [4.78, 5) is 17.3. The van der Waals surface area contributed by atoms with Crippen LogP contribution in [0.1, 0.15) is 5.56 Å². The van der Waals surface area contributed by atoms with Crippen molar-refractivity contribution >= 4 is 58.2 Å². The van der Waals surface area contributed by atoms with Crippen LogP contribution < -0.4 is 5.32 Å². The molecule has 0 atom stereocenters. The number of amides is 1. The van der Waals surface area contributed by atoms with Crippen LogP contribution in [0.4, 0.5) is 5.69 Å².